The van der Waals surface area contributed by atoms with Crippen LogP contribution in [0, 0.1) is 13.8 Å². The highest BCUT2D eigenvalue weighted by atomic mass is 16.5. The number of aryl methyl sites for hydroxylation is 2. The number of methoxy groups -OCH3 is 1. The molecule has 0 aromatic carbocycles. The van der Waals surface area contributed by atoms with Crippen molar-refractivity contribution in [1.82, 2.24) is 15.4 Å². The Morgan fingerprint density at radius 1 is 1.48 bits per heavy atom. The molecule has 0 radical (unpaired) electrons. The summed E-state index contributed by atoms with van der Waals surface area (Å²) in [6.45, 7) is 5.42. The first kappa shape index (κ1) is 17.0. The number of nitrogens with zero attached hydrogens (tertiary/aromatic N) is 2. The number of amides is 2. The Balaban J connectivity index is 2.73. The smallest absolute Gasteiger partial charge is 0.323 e. The molecule has 1 heterocycles. The molecule has 0 fully saturated rings. The van der Waals surface area contributed by atoms with Crippen LogP contribution >= 0.6 is 0 Å². The number of carbonyl (C=O) groups excluding carboxylic acids is 1. The average molecular weight is 299 g/mol. The quantitative estimate of drug-likeness (QED) is 0.781. The molecule has 1 aromatic rings. The van der Waals surface area contributed by atoms with Crippen LogP contribution in [0.4, 0.5) is 4.79 Å². The van der Waals surface area contributed by atoms with Crippen molar-refractivity contribution in [1.29, 1.82) is 0 Å². The van der Waals surface area contributed by atoms with Gasteiger partial charge in [0.25, 0.3) is 0 Å². The normalized spacial score (nSPS) is 12.0. The number of carboxylic acids is 1. The third kappa shape index (κ3) is 4.75. The van der Waals surface area contributed by atoms with Crippen LogP contribution in [-0.2, 0) is 9.53 Å². The van der Waals surface area contributed by atoms with E-state index in [-0.39, 0.29) is 25.7 Å². The summed E-state index contributed by atoms with van der Waals surface area (Å²) in [7, 11) is 1.49. The van der Waals surface area contributed by atoms with E-state index < -0.39 is 12.0 Å². The van der Waals surface area contributed by atoms with E-state index in [2.05, 4.69) is 10.5 Å². The molecule has 1 atom stereocenters. The Kier molecular flexibility index (Phi) is 6.16. The summed E-state index contributed by atoms with van der Waals surface area (Å²) in [5, 5.41) is 15.4. The monoisotopic (exact) mass is 299 g/mol. The van der Waals surface area contributed by atoms with Crippen LogP contribution < -0.4 is 5.32 Å². The number of hydrogen-bond acceptors (Lipinski definition) is 5. The number of rotatable bonds is 7. The van der Waals surface area contributed by atoms with Crippen molar-refractivity contribution in [3.63, 3.8) is 0 Å². The summed E-state index contributed by atoms with van der Waals surface area (Å²) in [4.78, 5) is 24.2. The van der Waals surface area contributed by atoms with Crippen molar-refractivity contribution in [3.8, 4) is 0 Å². The lowest BCUT2D eigenvalue weighted by Gasteiger charge is -2.23. The van der Waals surface area contributed by atoms with E-state index in [0.29, 0.717) is 11.5 Å². The topological polar surface area (TPSA) is 105 Å². The molecule has 118 valence electrons. The summed E-state index contributed by atoms with van der Waals surface area (Å²) in [5.41, 5.74) is 1.49. The van der Waals surface area contributed by atoms with Gasteiger partial charge in [0.1, 0.15) is 12.3 Å². The van der Waals surface area contributed by atoms with Gasteiger partial charge in [0.15, 0.2) is 0 Å². The van der Waals surface area contributed by atoms with Gasteiger partial charge in [0.05, 0.1) is 18.3 Å². The van der Waals surface area contributed by atoms with Gasteiger partial charge in [0, 0.05) is 19.2 Å². The highest BCUT2D eigenvalue weighted by molar-refractivity contribution is 5.80. The third-order valence-electron chi connectivity index (χ3n) is 3.04. The van der Waals surface area contributed by atoms with E-state index in [0.717, 1.165) is 5.56 Å². The average Bonchev–Trinajstić information content (AvgIpc) is 2.73. The molecule has 21 heavy (non-hydrogen) atoms. The van der Waals surface area contributed by atoms with Gasteiger partial charge in [-0.25, -0.2) is 4.79 Å². The van der Waals surface area contributed by atoms with Crippen LogP contribution in [0.15, 0.2) is 4.52 Å². The van der Waals surface area contributed by atoms with E-state index >= 15 is 0 Å². The second kappa shape index (κ2) is 7.63. The first-order valence-corrected chi connectivity index (χ1v) is 6.55. The first-order valence-electron chi connectivity index (χ1n) is 6.55. The van der Waals surface area contributed by atoms with E-state index in [4.69, 9.17) is 14.4 Å². The number of carbonyl (C=O) groups is 2. The molecule has 0 aliphatic rings. The Morgan fingerprint density at radius 3 is 2.62 bits per heavy atom. The molecule has 0 bridgehead atoms. The standard InChI is InChI=1S/C13H21N3O5/c1-8(12-9(2)15-21-10(12)3)14-13(19)16(5-6-20-4)7-11(17)18/h8H,5-7H2,1-4H3,(H,14,19)(H,17,18). The van der Waals surface area contributed by atoms with Crippen molar-refractivity contribution in [2.24, 2.45) is 0 Å². The Morgan fingerprint density at radius 2 is 2.14 bits per heavy atom. The van der Waals surface area contributed by atoms with Crippen molar-refractivity contribution in [2.45, 2.75) is 26.8 Å². The molecule has 1 unspecified atom stereocenters. The van der Waals surface area contributed by atoms with Gasteiger partial charge in [-0.3, -0.25) is 4.79 Å². The second-order valence-electron chi connectivity index (χ2n) is 4.72. The largest absolute Gasteiger partial charge is 0.480 e. The zero-order valence-corrected chi connectivity index (χ0v) is 12.7. The molecular weight excluding hydrogens is 278 g/mol. The number of ether oxygens (including phenoxy) is 1. The van der Waals surface area contributed by atoms with Crippen LogP contribution in [0.1, 0.15) is 30.0 Å². The first-order chi connectivity index (χ1) is 9.86. The molecule has 2 amide bonds. The maximum atomic E-state index is 12.2. The minimum atomic E-state index is -1.08. The minimum Gasteiger partial charge on any atom is -0.480 e. The molecular formula is C13H21N3O5. The molecule has 0 aliphatic heterocycles. The van der Waals surface area contributed by atoms with Crippen LogP contribution in [0.25, 0.3) is 0 Å². The van der Waals surface area contributed by atoms with Crippen molar-refractivity contribution < 1.29 is 24.0 Å². The molecule has 2 N–H and O–H groups in total. The molecule has 0 spiro atoms. The Labute approximate surface area is 123 Å². The number of urea groups is 1. The number of carboxylic acid groups (broad SMARTS) is 1. The highest BCUT2D eigenvalue weighted by Gasteiger charge is 2.22. The summed E-state index contributed by atoms with van der Waals surface area (Å²) < 4.78 is 9.94. The van der Waals surface area contributed by atoms with Gasteiger partial charge >= 0.3 is 12.0 Å². The molecule has 0 saturated carbocycles. The fourth-order valence-corrected chi connectivity index (χ4v) is 2.07. The summed E-state index contributed by atoms with van der Waals surface area (Å²) in [5.74, 6) is -0.451. The number of aromatic nitrogens is 1. The third-order valence-corrected chi connectivity index (χ3v) is 3.04. The lowest BCUT2D eigenvalue weighted by Crippen LogP contribution is -2.45. The van der Waals surface area contributed by atoms with Gasteiger partial charge < -0.3 is 24.6 Å². The zero-order chi connectivity index (χ0) is 16.0. The second-order valence-corrected chi connectivity index (χ2v) is 4.72. The van der Waals surface area contributed by atoms with Crippen LogP contribution in [0.5, 0.6) is 0 Å². The summed E-state index contributed by atoms with van der Waals surface area (Å²) in [6, 6.07) is -0.801. The van der Waals surface area contributed by atoms with E-state index in [1.165, 1.54) is 12.0 Å². The van der Waals surface area contributed by atoms with Crippen LogP contribution in [-0.4, -0.2) is 54.0 Å². The Hall–Kier alpha value is -2.09. The van der Waals surface area contributed by atoms with Gasteiger partial charge in [-0.05, 0) is 20.8 Å². The Bertz CT molecular complexity index is 480. The van der Waals surface area contributed by atoms with E-state index in [1.54, 1.807) is 20.8 Å². The van der Waals surface area contributed by atoms with Gasteiger partial charge in [-0.2, -0.15) is 0 Å². The number of aliphatic carboxylic acids is 1. The van der Waals surface area contributed by atoms with Crippen LogP contribution in [0.2, 0.25) is 0 Å². The summed E-state index contributed by atoms with van der Waals surface area (Å²) >= 11 is 0. The maximum absolute atomic E-state index is 12.2. The predicted molar refractivity (Wildman–Crippen MR) is 74.0 cm³/mol. The number of hydrogen-bond donors (Lipinski definition) is 2. The van der Waals surface area contributed by atoms with Crippen LogP contribution in [0.3, 0.4) is 0 Å². The molecule has 1 aromatic heterocycles. The number of nitrogens with one attached hydrogen (secondary N) is 1. The molecule has 1 rings (SSSR count). The molecule has 0 saturated heterocycles. The lowest BCUT2D eigenvalue weighted by atomic mass is 10.1. The fraction of sp³-hybridized carbons (Fsp3) is 0.615. The zero-order valence-electron chi connectivity index (χ0n) is 12.7. The van der Waals surface area contributed by atoms with E-state index in [9.17, 15) is 9.59 Å². The minimum absolute atomic E-state index is 0.197. The van der Waals surface area contributed by atoms with Crippen molar-refractivity contribution in [3.05, 3.63) is 17.0 Å². The van der Waals surface area contributed by atoms with E-state index in [1.807, 2.05) is 0 Å². The highest BCUT2D eigenvalue weighted by Crippen LogP contribution is 2.20. The summed E-state index contributed by atoms with van der Waals surface area (Å²) in [6.07, 6.45) is 0. The van der Waals surface area contributed by atoms with Gasteiger partial charge in [0.2, 0.25) is 0 Å². The van der Waals surface area contributed by atoms with Crippen molar-refractivity contribution >= 4 is 12.0 Å². The SMILES string of the molecule is COCCN(CC(=O)O)C(=O)NC(C)c1c(C)noc1C. The molecule has 8 heteroatoms. The van der Waals surface area contributed by atoms with Gasteiger partial charge in [-0.15, -0.1) is 0 Å². The maximum Gasteiger partial charge on any atom is 0.323 e. The van der Waals surface area contributed by atoms with Crippen molar-refractivity contribution in [2.75, 3.05) is 26.8 Å². The predicted octanol–water partition coefficient (Wildman–Crippen LogP) is 1.10. The molecule has 0 aliphatic carbocycles. The van der Waals surface area contributed by atoms with Gasteiger partial charge in [-0.1, -0.05) is 5.16 Å². The fourth-order valence-electron chi connectivity index (χ4n) is 2.07. The molecule has 8 nitrogen and oxygen atoms in total. The lowest BCUT2D eigenvalue weighted by molar-refractivity contribution is -0.137.